The third kappa shape index (κ3) is 3.42. The van der Waals surface area contributed by atoms with Crippen molar-refractivity contribution in [2.45, 2.75) is 43.5 Å². The Bertz CT molecular complexity index is 682. The highest BCUT2D eigenvalue weighted by Crippen LogP contribution is 2.39. The molecule has 1 aromatic carbocycles. The monoisotopic (exact) mass is 322 g/mol. The minimum absolute atomic E-state index is 0.319. The van der Waals surface area contributed by atoms with Crippen molar-refractivity contribution in [3.8, 4) is 0 Å². The first-order chi connectivity index (χ1) is 10.3. The van der Waals surface area contributed by atoms with Gasteiger partial charge in [0.25, 0.3) is 0 Å². The predicted molar refractivity (Wildman–Crippen MR) is 85.2 cm³/mol. The van der Waals surface area contributed by atoms with Gasteiger partial charge in [-0.25, -0.2) is 8.42 Å². The van der Waals surface area contributed by atoms with Crippen LogP contribution in [-0.2, 0) is 19.3 Å². The first kappa shape index (κ1) is 15.7. The van der Waals surface area contributed by atoms with Gasteiger partial charge in [-0.2, -0.15) is 0 Å². The molecule has 5 heteroatoms. The van der Waals surface area contributed by atoms with Gasteiger partial charge in [0.05, 0.1) is 17.1 Å². The first-order valence-electron chi connectivity index (χ1n) is 7.58. The number of hydrogen-bond acceptors (Lipinski definition) is 4. The van der Waals surface area contributed by atoms with Gasteiger partial charge in [-0.05, 0) is 62.0 Å². The lowest BCUT2D eigenvalue weighted by Crippen LogP contribution is -2.25. The lowest BCUT2D eigenvalue weighted by atomic mass is 9.92. The fourth-order valence-corrected chi connectivity index (χ4v) is 3.28. The molecule has 4 nitrogen and oxygen atoms in total. The van der Waals surface area contributed by atoms with Crippen LogP contribution in [-0.4, -0.2) is 33.2 Å². The van der Waals surface area contributed by atoms with Crippen molar-refractivity contribution in [1.29, 1.82) is 0 Å². The Morgan fingerprint density at radius 1 is 1.23 bits per heavy atom. The van der Waals surface area contributed by atoms with Crippen LogP contribution in [0.25, 0.3) is 5.57 Å². The average Bonchev–Trinajstić information content (AvgIpc) is 3.20. The van der Waals surface area contributed by atoms with Crippen LogP contribution in [0.5, 0.6) is 0 Å². The van der Waals surface area contributed by atoms with Crippen molar-refractivity contribution in [3.63, 3.8) is 0 Å². The van der Waals surface area contributed by atoms with Crippen LogP contribution in [0.4, 0.5) is 0 Å². The number of rotatable bonds is 5. The minimum Gasteiger partial charge on any atom is -0.349 e. The van der Waals surface area contributed by atoms with Crippen molar-refractivity contribution in [1.82, 2.24) is 0 Å². The molecule has 0 aromatic heterocycles. The Kier molecular flexibility index (Phi) is 3.91. The maximum Gasteiger partial charge on any atom is 0.178 e. The van der Waals surface area contributed by atoms with Gasteiger partial charge >= 0.3 is 0 Å². The van der Waals surface area contributed by atoms with Gasteiger partial charge in [0.2, 0.25) is 0 Å². The average molecular weight is 322 g/mol. The first-order valence-corrected chi connectivity index (χ1v) is 9.47. The molecule has 1 atom stereocenters. The van der Waals surface area contributed by atoms with Gasteiger partial charge < -0.3 is 9.47 Å². The molecule has 1 fully saturated rings. The van der Waals surface area contributed by atoms with Crippen LogP contribution in [0.1, 0.15) is 32.3 Å². The summed E-state index contributed by atoms with van der Waals surface area (Å²) in [4.78, 5) is 0.329. The van der Waals surface area contributed by atoms with Crippen LogP contribution in [0.3, 0.4) is 0 Å². The predicted octanol–water partition coefficient (Wildman–Crippen LogP) is 3.04. The van der Waals surface area contributed by atoms with E-state index in [0.29, 0.717) is 10.8 Å². The molecule has 1 saturated carbocycles. The number of hydrogen-bond donors (Lipinski definition) is 0. The summed E-state index contributed by atoms with van der Waals surface area (Å²) < 4.78 is 34.8. The number of ether oxygens (including phenoxy) is 2. The lowest BCUT2D eigenvalue weighted by Gasteiger charge is -2.24. The van der Waals surface area contributed by atoms with Crippen LogP contribution < -0.4 is 0 Å². The fraction of sp³-hybridized carbons (Fsp3) is 0.529. The molecule has 0 spiro atoms. The molecule has 0 amide bonds. The normalized spacial score (nSPS) is 24.3. The molecule has 120 valence electrons. The molecule has 1 aliphatic heterocycles. The minimum atomic E-state index is -3.17. The van der Waals surface area contributed by atoms with Crippen LogP contribution in [0.15, 0.2) is 35.2 Å². The van der Waals surface area contributed by atoms with E-state index in [9.17, 15) is 8.42 Å². The summed E-state index contributed by atoms with van der Waals surface area (Å²) in [5.41, 5.74) is 1.56. The summed E-state index contributed by atoms with van der Waals surface area (Å²) in [7, 11) is -3.17. The zero-order valence-electron chi connectivity index (χ0n) is 13.2. The topological polar surface area (TPSA) is 52.6 Å². The Morgan fingerprint density at radius 2 is 1.86 bits per heavy atom. The molecule has 0 N–H and O–H groups in total. The fourth-order valence-electron chi connectivity index (χ4n) is 2.65. The summed E-state index contributed by atoms with van der Waals surface area (Å²) in [6.45, 7) is 4.76. The highest BCUT2D eigenvalue weighted by atomic mass is 32.2. The smallest absolute Gasteiger partial charge is 0.178 e. The molecular formula is C17H22O4S. The quantitative estimate of drug-likeness (QED) is 0.836. The maximum absolute atomic E-state index is 11.5. The summed E-state index contributed by atoms with van der Waals surface area (Å²) in [6, 6.07) is 6.94. The van der Waals surface area contributed by atoms with E-state index in [1.54, 1.807) is 12.1 Å². The van der Waals surface area contributed by atoms with E-state index in [1.165, 1.54) is 19.1 Å². The highest BCUT2D eigenvalue weighted by Gasteiger charge is 2.36. The van der Waals surface area contributed by atoms with E-state index in [1.807, 2.05) is 32.1 Å². The van der Waals surface area contributed by atoms with Crippen molar-refractivity contribution in [2.24, 2.45) is 5.92 Å². The SMILES string of the molecule is CC1(C)OC(OCC2CC2)C=C1c1ccc(S(C)(=O)=O)cc1. The van der Waals surface area contributed by atoms with Crippen LogP contribution in [0.2, 0.25) is 0 Å². The van der Waals surface area contributed by atoms with Crippen molar-refractivity contribution < 1.29 is 17.9 Å². The van der Waals surface area contributed by atoms with E-state index in [2.05, 4.69) is 0 Å². The third-order valence-corrected chi connectivity index (χ3v) is 5.28. The largest absolute Gasteiger partial charge is 0.349 e. The van der Waals surface area contributed by atoms with Gasteiger partial charge in [-0.15, -0.1) is 0 Å². The summed E-state index contributed by atoms with van der Waals surface area (Å²) in [5.74, 6) is 0.693. The molecule has 0 saturated heterocycles. The second-order valence-corrected chi connectivity index (χ2v) is 8.67. The van der Waals surface area contributed by atoms with E-state index in [0.717, 1.165) is 17.7 Å². The standard InChI is InChI=1S/C17H22O4S/c1-17(2)15(10-16(21-17)20-11-12-4-5-12)13-6-8-14(9-7-13)22(3,18)19/h6-10,12,16H,4-5,11H2,1-3H3. The van der Waals surface area contributed by atoms with Crippen LogP contribution in [0, 0.1) is 5.92 Å². The molecule has 0 bridgehead atoms. The molecule has 22 heavy (non-hydrogen) atoms. The van der Waals surface area contributed by atoms with Crippen LogP contribution >= 0.6 is 0 Å². The molecular weight excluding hydrogens is 300 g/mol. The summed E-state index contributed by atoms with van der Waals surface area (Å²) >= 11 is 0. The number of sulfone groups is 1. The second-order valence-electron chi connectivity index (χ2n) is 6.65. The Hall–Kier alpha value is -1.17. The van der Waals surface area contributed by atoms with Gasteiger partial charge in [-0.1, -0.05) is 12.1 Å². The lowest BCUT2D eigenvalue weighted by molar-refractivity contribution is -0.144. The number of benzene rings is 1. The van der Waals surface area contributed by atoms with Gasteiger partial charge in [0.1, 0.15) is 0 Å². The second kappa shape index (κ2) is 5.48. The van der Waals surface area contributed by atoms with E-state index in [4.69, 9.17) is 9.47 Å². The molecule has 3 rings (SSSR count). The third-order valence-electron chi connectivity index (χ3n) is 4.15. The van der Waals surface area contributed by atoms with Gasteiger partial charge in [0.15, 0.2) is 16.1 Å². The molecule has 2 aliphatic rings. The highest BCUT2D eigenvalue weighted by molar-refractivity contribution is 7.90. The van der Waals surface area contributed by atoms with Gasteiger partial charge in [-0.3, -0.25) is 0 Å². The molecule has 1 heterocycles. The van der Waals surface area contributed by atoms with E-state index < -0.39 is 15.4 Å². The summed E-state index contributed by atoms with van der Waals surface area (Å²) in [5, 5.41) is 0. The van der Waals surface area contributed by atoms with Crippen molar-refractivity contribution >= 4 is 15.4 Å². The Labute approximate surface area is 132 Å². The molecule has 1 aliphatic carbocycles. The maximum atomic E-state index is 11.5. The van der Waals surface area contributed by atoms with E-state index in [-0.39, 0.29) is 6.29 Å². The Balaban J connectivity index is 1.80. The molecule has 1 aromatic rings. The zero-order chi connectivity index (χ0) is 16.0. The van der Waals surface area contributed by atoms with E-state index >= 15 is 0 Å². The van der Waals surface area contributed by atoms with Gasteiger partial charge in [0, 0.05) is 6.26 Å². The molecule has 1 unspecified atom stereocenters. The zero-order valence-corrected chi connectivity index (χ0v) is 14.0. The molecule has 0 radical (unpaired) electrons. The Morgan fingerprint density at radius 3 is 2.41 bits per heavy atom. The van der Waals surface area contributed by atoms with Crippen molar-refractivity contribution in [2.75, 3.05) is 12.9 Å². The summed E-state index contributed by atoms with van der Waals surface area (Å²) in [6.07, 6.45) is 5.39. The van der Waals surface area contributed by atoms with Crippen molar-refractivity contribution in [3.05, 3.63) is 35.9 Å².